The average Bonchev–Trinajstić information content (AvgIpc) is 2.43. The van der Waals surface area contributed by atoms with Crippen LogP contribution in [0.3, 0.4) is 0 Å². The van der Waals surface area contributed by atoms with Crippen LogP contribution < -0.4 is 5.73 Å². The molecule has 0 heterocycles. The lowest BCUT2D eigenvalue weighted by atomic mass is 9.92. The molecule has 2 rings (SSSR count). The second-order valence-electron chi connectivity index (χ2n) is 4.84. The molecule has 0 aliphatic rings. The maximum atomic E-state index is 13.8. The number of nitrogens with two attached hydrogens (primary N) is 1. The Hall–Kier alpha value is -0.900. The van der Waals surface area contributed by atoms with E-state index in [0.29, 0.717) is 23.6 Å². The SMILES string of the molecule is NCC(Cc1ccc(Cl)cc1F)Cc1ccccc1Br. The van der Waals surface area contributed by atoms with E-state index in [-0.39, 0.29) is 11.7 Å². The van der Waals surface area contributed by atoms with Crippen molar-refractivity contribution < 1.29 is 4.39 Å². The number of hydrogen-bond acceptors (Lipinski definition) is 1. The molecule has 0 saturated heterocycles. The van der Waals surface area contributed by atoms with Crippen LogP contribution in [0.4, 0.5) is 4.39 Å². The Bertz CT molecular complexity index is 588. The minimum Gasteiger partial charge on any atom is -0.330 e. The normalized spacial score (nSPS) is 12.4. The lowest BCUT2D eigenvalue weighted by molar-refractivity contribution is 0.511. The van der Waals surface area contributed by atoms with Crippen molar-refractivity contribution in [3.8, 4) is 0 Å². The Morgan fingerprint density at radius 3 is 2.45 bits per heavy atom. The third-order valence-electron chi connectivity index (χ3n) is 3.32. The van der Waals surface area contributed by atoms with Gasteiger partial charge in [0, 0.05) is 9.50 Å². The van der Waals surface area contributed by atoms with Crippen LogP contribution in [0.15, 0.2) is 46.9 Å². The lowest BCUT2D eigenvalue weighted by Gasteiger charge is -2.16. The van der Waals surface area contributed by atoms with Crippen molar-refractivity contribution in [1.82, 2.24) is 0 Å². The van der Waals surface area contributed by atoms with Gasteiger partial charge < -0.3 is 5.73 Å². The van der Waals surface area contributed by atoms with Gasteiger partial charge in [-0.05, 0) is 54.6 Å². The van der Waals surface area contributed by atoms with Gasteiger partial charge in [0.1, 0.15) is 5.82 Å². The molecule has 20 heavy (non-hydrogen) atoms. The van der Waals surface area contributed by atoms with Crippen molar-refractivity contribution in [2.24, 2.45) is 11.7 Å². The fraction of sp³-hybridized carbons (Fsp3) is 0.250. The fourth-order valence-corrected chi connectivity index (χ4v) is 2.82. The summed E-state index contributed by atoms with van der Waals surface area (Å²) in [4.78, 5) is 0. The molecule has 0 spiro atoms. The Labute approximate surface area is 132 Å². The highest BCUT2D eigenvalue weighted by Crippen LogP contribution is 2.23. The zero-order chi connectivity index (χ0) is 14.5. The van der Waals surface area contributed by atoms with Gasteiger partial charge in [-0.1, -0.05) is 51.8 Å². The maximum Gasteiger partial charge on any atom is 0.127 e. The van der Waals surface area contributed by atoms with Crippen molar-refractivity contribution in [1.29, 1.82) is 0 Å². The first-order valence-electron chi connectivity index (χ1n) is 6.47. The molecule has 4 heteroatoms. The lowest BCUT2D eigenvalue weighted by Crippen LogP contribution is -2.20. The summed E-state index contributed by atoms with van der Waals surface area (Å²) in [6.45, 7) is 0.517. The molecule has 2 N–H and O–H groups in total. The van der Waals surface area contributed by atoms with Crippen LogP contribution in [0.1, 0.15) is 11.1 Å². The van der Waals surface area contributed by atoms with Gasteiger partial charge in [0.25, 0.3) is 0 Å². The topological polar surface area (TPSA) is 26.0 Å². The highest BCUT2D eigenvalue weighted by atomic mass is 79.9. The molecule has 106 valence electrons. The third kappa shape index (κ3) is 4.05. The van der Waals surface area contributed by atoms with Gasteiger partial charge in [0.15, 0.2) is 0 Å². The van der Waals surface area contributed by atoms with Crippen LogP contribution in [-0.2, 0) is 12.8 Å². The molecule has 2 aromatic rings. The number of rotatable bonds is 5. The zero-order valence-electron chi connectivity index (χ0n) is 11.0. The molecule has 0 bridgehead atoms. The molecule has 2 aromatic carbocycles. The van der Waals surface area contributed by atoms with Gasteiger partial charge >= 0.3 is 0 Å². The predicted octanol–water partition coefficient (Wildman–Crippen LogP) is 4.60. The van der Waals surface area contributed by atoms with Crippen LogP contribution in [0.2, 0.25) is 5.02 Å². The molecule has 0 saturated carbocycles. The smallest absolute Gasteiger partial charge is 0.127 e. The summed E-state index contributed by atoms with van der Waals surface area (Å²) in [5, 5.41) is 0.418. The zero-order valence-corrected chi connectivity index (χ0v) is 13.3. The molecule has 0 aromatic heterocycles. The molecule has 1 nitrogen and oxygen atoms in total. The summed E-state index contributed by atoms with van der Waals surface area (Å²) in [6, 6.07) is 12.8. The first-order valence-corrected chi connectivity index (χ1v) is 7.64. The van der Waals surface area contributed by atoms with Crippen LogP contribution in [0.25, 0.3) is 0 Å². The summed E-state index contributed by atoms with van der Waals surface area (Å²) in [7, 11) is 0. The second kappa shape index (κ2) is 7.21. The van der Waals surface area contributed by atoms with Crippen molar-refractivity contribution in [3.63, 3.8) is 0 Å². The summed E-state index contributed by atoms with van der Waals surface area (Å²) < 4.78 is 14.9. The van der Waals surface area contributed by atoms with E-state index in [1.54, 1.807) is 12.1 Å². The van der Waals surface area contributed by atoms with E-state index < -0.39 is 0 Å². The molecule has 0 amide bonds. The maximum absolute atomic E-state index is 13.8. The molecule has 0 aliphatic carbocycles. The Morgan fingerprint density at radius 2 is 1.80 bits per heavy atom. The molecule has 1 atom stereocenters. The minimum absolute atomic E-state index is 0.198. The number of halogens is 3. The van der Waals surface area contributed by atoms with Crippen molar-refractivity contribution in [2.75, 3.05) is 6.54 Å². The van der Waals surface area contributed by atoms with Crippen LogP contribution in [0.5, 0.6) is 0 Å². The second-order valence-corrected chi connectivity index (χ2v) is 6.13. The van der Waals surface area contributed by atoms with E-state index in [9.17, 15) is 4.39 Å². The first kappa shape index (κ1) is 15.5. The Balaban J connectivity index is 2.11. The van der Waals surface area contributed by atoms with Gasteiger partial charge in [-0.25, -0.2) is 4.39 Å². The van der Waals surface area contributed by atoms with Crippen LogP contribution in [-0.4, -0.2) is 6.54 Å². The van der Waals surface area contributed by atoms with E-state index in [1.165, 1.54) is 11.6 Å². The van der Waals surface area contributed by atoms with Gasteiger partial charge in [0.05, 0.1) is 0 Å². The molecule has 0 radical (unpaired) electrons. The summed E-state index contributed by atoms with van der Waals surface area (Å²) in [5.74, 6) is -0.0625. The van der Waals surface area contributed by atoms with E-state index in [4.69, 9.17) is 17.3 Å². The van der Waals surface area contributed by atoms with Crippen molar-refractivity contribution in [3.05, 3.63) is 68.9 Å². The molecule has 0 fully saturated rings. The molecule has 0 aliphatic heterocycles. The molecular weight excluding hydrogens is 341 g/mol. The number of hydrogen-bond donors (Lipinski definition) is 1. The van der Waals surface area contributed by atoms with Crippen LogP contribution in [0, 0.1) is 11.7 Å². The average molecular weight is 357 g/mol. The van der Waals surface area contributed by atoms with Gasteiger partial charge in [-0.15, -0.1) is 0 Å². The first-order chi connectivity index (χ1) is 9.60. The van der Waals surface area contributed by atoms with Crippen molar-refractivity contribution >= 4 is 27.5 Å². The predicted molar refractivity (Wildman–Crippen MR) is 85.5 cm³/mol. The fourth-order valence-electron chi connectivity index (χ4n) is 2.21. The minimum atomic E-state index is -0.261. The van der Waals surface area contributed by atoms with Crippen molar-refractivity contribution in [2.45, 2.75) is 12.8 Å². The third-order valence-corrected chi connectivity index (χ3v) is 4.33. The Morgan fingerprint density at radius 1 is 1.10 bits per heavy atom. The quantitative estimate of drug-likeness (QED) is 0.832. The number of benzene rings is 2. The summed E-state index contributed by atoms with van der Waals surface area (Å²) in [5.41, 5.74) is 7.69. The van der Waals surface area contributed by atoms with Gasteiger partial charge in [-0.3, -0.25) is 0 Å². The van der Waals surface area contributed by atoms with Gasteiger partial charge in [0.2, 0.25) is 0 Å². The van der Waals surface area contributed by atoms with E-state index in [2.05, 4.69) is 22.0 Å². The summed E-state index contributed by atoms with van der Waals surface area (Å²) >= 11 is 9.30. The van der Waals surface area contributed by atoms with E-state index >= 15 is 0 Å². The highest BCUT2D eigenvalue weighted by Gasteiger charge is 2.13. The van der Waals surface area contributed by atoms with E-state index in [0.717, 1.165) is 10.9 Å². The summed E-state index contributed by atoms with van der Waals surface area (Å²) in [6.07, 6.45) is 1.43. The largest absolute Gasteiger partial charge is 0.330 e. The standard InChI is InChI=1S/C16H16BrClFN/c17-15-4-2-1-3-12(15)7-11(10-20)8-13-5-6-14(18)9-16(13)19/h1-6,9,11H,7-8,10,20H2. The van der Waals surface area contributed by atoms with Gasteiger partial charge in [-0.2, -0.15) is 0 Å². The monoisotopic (exact) mass is 355 g/mol. The molecule has 1 unspecified atom stereocenters. The molecular formula is C16H16BrClFN. The highest BCUT2D eigenvalue weighted by molar-refractivity contribution is 9.10. The Kier molecular flexibility index (Phi) is 5.58. The van der Waals surface area contributed by atoms with Crippen LogP contribution >= 0.6 is 27.5 Å². The van der Waals surface area contributed by atoms with E-state index in [1.807, 2.05) is 18.2 Å².